The smallest absolute Gasteiger partial charge is 0.257 e. The molecule has 0 unspecified atom stereocenters. The van der Waals surface area contributed by atoms with Crippen molar-refractivity contribution in [3.63, 3.8) is 0 Å². The molecule has 35 heavy (non-hydrogen) atoms. The first kappa shape index (κ1) is 23.6. The van der Waals surface area contributed by atoms with Gasteiger partial charge in [-0.3, -0.25) is 24.3 Å². The van der Waals surface area contributed by atoms with Crippen LogP contribution in [0, 0.1) is 12.8 Å². The van der Waals surface area contributed by atoms with Crippen molar-refractivity contribution in [2.75, 3.05) is 43.2 Å². The first-order valence-electron chi connectivity index (χ1n) is 12.4. The number of rotatable bonds is 5. The minimum atomic E-state index is -0.420. The van der Waals surface area contributed by atoms with E-state index in [0.717, 1.165) is 30.5 Å². The second-order valence-electron chi connectivity index (χ2n) is 9.37. The van der Waals surface area contributed by atoms with E-state index in [0.29, 0.717) is 50.8 Å². The molecule has 5 rings (SSSR count). The molecule has 2 aromatic rings. The fraction of sp³-hybridized carbons (Fsp3) is 0.560. The van der Waals surface area contributed by atoms with E-state index in [1.54, 1.807) is 29.3 Å². The highest BCUT2D eigenvalue weighted by atomic mass is 16.7. The minimum absolute atomic E-state index is 0.0342. The summed E-state index contributed by atoms with van der Waals surface area (Å²) in [5.41, 5.74) is 1.96. The Morgan fingerprint density at radius 3 is 2.66 bits per heavy atom. The van der Waals surface area contributed by atoms with E-state index >= 15 is 0 Å². The molecule has 0 N–H and O–H groups in total. The predicted octanol–water partition coefficient (Wildman–Crippen LogP) is 2.44. The molecule has 0 radical (unpaired) electrons. The molecule has 3 fully saturated rings. The number of aromatic nitrogens is 3. The third-order valence-electron chi connectivity index (χ3n) is 7.15. The van der Waals surface area contributed by atoms with Crippen LogP contribution in [0.15, 0.2) is 30.6 Å². The number of aryl methyl sites for hydroxylation is 1. The SMILES string of the molecule is CO[C@@H]1CCCN(c2ccnc(N3CCC(C(=O)N4OCC[C@H]4c4ccc(C)nc4)CC3)n2)C1=O. The molecule has 0 saturated carbocycles. The highest BCUT2D eigenvalue weighted by molar-refractivity contribution is 5.96. The van der Waals surface area contributed by atoms with Crippen LogP contribution >= 0.6 is 0 Å². The van der Waals surface area contributed by atoms with Gasteiger partial charge in [0.1, 0.15) is 11.9 Å². The third kappa shape index (κ3) is 4.85. The molecule has 0 bridgehead atoms. The number of carbonyl (C=O) groups excluding carboxylic acids is 2. The van der Waals surface area contributed by atoms with Crippen LogP contribution in [0.3, 0.4) is 0 Å². The number of methoxy groups -OCH3 is 1. The van der Waals surface area contributed by atoms with Gasteiger partial charge < -0.3 is 9.64 Å². The zero-order valence-electron chi connectivity index (χ0n) is 20.3. The summed E-state index contributed by atoms with van der Waals surface area (Å²) in [6.45, 7) is 4.44. The van der Waals surface area contributed by atoms with Crippen molar-refractivity contribution < 1.29 is 19.2 Å². The lowest BCUT2D eigenvalue weighted by atomic mass is 9.95. The molecule has 0 aliphatic carbocycles. The van der Waals surface area contributed by atoms with E-state index in [-0.39, 0.29) is 23.8 Å². The van der Waals surface area contributed by atoms with Crippen LogP contribution in [-0.2, 0) is 19.2 Å². The van der Waals surface area contributed by atoms with Crippen molar-refractivity contribution in [3.8, 4) is 0 Å². The van der Waals surface area contributed by atoms with Crippen molar-refractivity contribution in [1.82, 2.24) is 20.0 Å². The van der Waals surface area contributed by atoms with Gasteiger partial charge in [0.25, 0.3) is 5.91 Å². The number of hydroxylamine groups is 2. The second kappa shape index (κ2) is 10.2. The molecule has 0 aromatic carbocycles. The molecule has 10 nitrogen and oxygen atoms in total. The molecular weight excluding hydrogens is 448 g/mol. The number of amides is 2. The number of carbonyl (C=O) groups is 2. The highest BCUT2D eigenvalue weighted by Gasteiger charge is 2.37. The Bertz CT molecular complexity index is 1060. The molecule has 3 aliphatic heterocycles. The Balaban J connectivity index is 1.22. The molecule has 5 heterocycles. The van der Waals surface area contributed by atoms with Gasteiger partial charge in [0.15, 0.2) is 0 Å². The number of piperidine rings is 2. The van der Waals surface area contributed by atoms with E-state index in [1.165, 1.54) is 0 Å². The van der Waals surface area contributed by atoms with Crippen molar-refractivity contribution in [2.24, 2.45) is 5.92 Å². The number of pyridine rings is 1. The molecule has 10 heteroatoms. The predicted molar refractivity (Wildman–Crippen MR) is 128 cm³/mol. The normalized spacial score (nSPS) is 23.7. The number of hydrogen-bond acceptors (Lipinski definition) is 8. The van der Waals surface area contributed by atoms with Crippen molar-refractivity contribution in [2.45, 2.75) is 51.2 Å². The summed E-state index contributed by atoms with van der Waals surface area (Å²) >= 11 is 0. The van der Waals surface area contributed by atoms with Gasteiger partial charge in [-0.05, 0) is 50.3 Å². The molecule has 2 amide bonds. The van der Waals surface area contributed by atoms with E-state index in [4.69, 9.17) is 9.57 Å². The Labute approximate surface area is 205 Å². The van der Waals surface area contributed by atoms with Gasteiger partial charge in [-0.15, -0.1) is 0 Å². The minimum Gasteiger partial charge on any atom is -0.372 e. The maximum atomic E-state index is 13.3. The molecular formula is C25H32N6O4. The second-order valence-corrected chi connectivity index (χ2v) is 9.37. The topological polar surface area (TPSA) is 101 Å². The maximum absolute atomic E-state index is 13.3. The molecule has 3 saturated heterocycles. The summed E-state index contributed by atoms with van der Waals surface area (Å²) in [4.78, 5) is 49.1. The van der Waals surface area contributed by atoms with Gasteiger partial charge >= 0.3 is 0 Å². The van der Waals surface area contributed by atoms with Gasteiger partial charge in [0.05, 0.1) is 12.6 Å². The monoisotopic (exact) mass is 480 g/mol. The van der Waals surface area contributed by atoms with E-state index in [9.17, 15) is 9.59 Å². The fourth-order valence-corrected chi connectivity index (χ4v) is 5.10. The van der Waals surface area contributed by atoms with Crippen LogP contribution in [0.5, 0.6) is 0 Å². The zero-order chi connectivity index (χ0) is 24.4. The molecule has 186 valence electrons. The maximum Gasteiger partial charge on any atom is 0.257 e. The third-order valence-corrected chi connectivity index (χ3v) is 7.15. The number of hydrogen-bond donors (Lipinski definition) is 0. The van der Waals surface area contributed by atoms with Crippen molar-refractivity contribution >= 4 is 23.6 Å². The molecule has 3 aliphatic rings. The Hall–Kier alpha value is -3.11. The summed E-state index contributed by atoms with van der Waals surface area (Å²) in [6, 6.07) is 5.67. The van der Waals surface area contributed by atoms with Crippen molar-refractivity contribution in [1.29, 1.82) is 0 Å². The summed E-state index contributed by atoms with van der Waals surface area (Å²) in [6.07, 6.45) is 6.87. The first-order valence-corrected chi connectivity index (χ1v) is 12.4. The molecule has 0 spiro atoms. The van der Waals surface area contributed by atoms with E-state index in [1.807, 2.05) is 25.3 Å². The van der Waals surface area contributed by atoms with E-state index in [2.05, 4.69) is 19.9 Å². The Morgan fingerprint density at radius 1 is 1.09 bits per heavy atom. The quantitative estimate of drug-likeness (QED) is 0.643. The lowest BCUT2D eigenvalue weighted by molar-refractivity contribution is -0.182. The zero-order valence-corrected chi connectivity index (χ0v) is 20.3. The first-order chi connectivity index (χ1) is 17.0. The number of nitrogens with zero attached hydrogens (tertiary/aromatic N) is 6. The van der Waals surface area contributed by atoms with Crippen molar-refractivity contribution in [3.05, 3.63) is 41.9 Å². The van der Waals surface area contributed by atoms with Crippen LogP contribution in [0.2, 0.25) is 0 Å². The van der Waals surface area contributed by atoms with Crippen LogP contribution in [0.4, 0.5) is 11.8 Å². The Kier molecular flexibility index (Phi) is 6.92. The Morgan fingerprint density at radius 2 is 1.91 bits per heavy atom. The number of ether oxygens (including phenoxy) is 1. The average Bonchev–Trinajstić information content (AvgIpc) is 3.39. The summed E-state index contributed by atoms with van der Waals surface area (Å²) in [5.74, 6) is 1.05. The van der Waals surface area contributed by atoms with Gasteiger partial charge in [0.2, 0.25) is 11.9 Å². The standard InChI is InChI=1S/C25H32N6O4/c1-17-5-6-19(16-27-17)20-10-15-35-31(20)23(32)18-8-13-29(14-9-18)25-26-11-7-22(28-25)30-12-3-4-21(34-2)24(30)33/h5-7,11,16,18,20-21H,3-4,8-10,12-15H2,1-2H3/t20-,21+/m0/s1. The van der Waals surface area contributed by atoms with Gasteiger partial charge in [-0.25, -0.2) is 10.0 Å². The van der Waals surface area contributed by atoms with Crippen LogP contribution in [-0.4, -0.2) is 71.3 Å². The summed E-state index contributed by atoms with van der Waals surface area (Å²) in [7, 11) is 1.57. The highest BCUT2D eigenvalue weighted by Crippen LogP contribution is 2.33. The summed E-state index contributed by atoms with van der Waals surface area (Å²) < 4.78 is 5.32. The molecule has 2 aromatic heterocycles. The van der Waals surface area contributed by atoms with Crippen LogP contribution < -0.4 is 9.80 Å². The summed E-state index contributed by atoms with van der Waals surface area (Å²) in [5, 5.41) is 1.57. The lowest BCUT2D eigenvalue weighted by Crippen LogP contribution is -2.46. The largest absolute Gasteiger partial charge is 0.372 e. The number of anilines is 2. The van der Waals surface area contributed by atoms with Gasteiger partial charge in [0, 0.05) is 57.2 Å². The van der Waals surface area contributed by atoms with Crippen LogP contribution in [0.1, 0.15) is 49.4 Å². The van der Waals surface area contributed by atoms with Gasteiger partial charge in [-0.2, -0.15) is 4.98 Å². The average molecular weight is 481 g/mol. The fourth-order valence-electron chi connectivity index (χ4n) is 5.10. The van der Waals surface area contributed by atoms with E-state index < -0.39 is 6.10 Å². The molecule has 2 atom stereocenters. The lowest BCUT2D eigenvalue weighted by Gasteiger charge is -2.35. The van der Waals surface area contributed by atoms with Crippen LogP contribution in [0.25, 0.3) is 0 Å². The van der Waals surface area contributed by atoms with Gasteiger partial charge in [-0.1, -0.05) is 6.07 Å².